The standard InChI is InChI=1S/C46H60N8O6Si/c1-10-18-34(24-26-59-61(46(5,6)7,35-20-13-11-14-21-35)36-22-15-12-16-23-36)49-41-40-37(50-42(51-41)52-43(55)58-9)29-48-54(40)31-38-39(57-8)27-33(28-47-38)32-19-17-25-53(30-32)44(56)60-45(2,3)4/h11-16,19-23,27-29,34H,10,17-18,24-26,30-31H2,1-9H3,(H2,49,50,51,52,55)/t34-/m0/s1. The highest BCUT2D eigenvalue weighted by atomic mass is 28.4. The van der Waals surface area contributed by atoms with Crippen LogP contribution >= 0.6 is 0 Å². The summed E-state index contributed by atoms with van der Waals surface area (Å²) in [7, 11) is 0.139. The highest BCUT2D eigenvalue weighted by Gasteiger charge is 2.50. The average molecular weight is 849 g/mol. The van der Waals surface area contributed by atoms with Gasteiger partial charge in [-0.05, 0) is 67.1 Å². The summed E-state index contributed by atoms with van der Waals surface area (Å²) in [6.07, 6.45) is 7.68. The molecule has 14 nitrogen and oxygen atoms in total. The topological polar surface area (TPSA) is 155 Å². The number of ether oxygens (including phenoxy) is 3. The van der Waals surface area contributed by atoms with E-state index in [-0.39, 0.29) is 29.7 Å². The van der Waals surface area contributed by atoms with Crippen LogP contribution in [0, 0.1) is 0 Å². The molecule has 2 N–H and O–H groups in total. The van der Waals surface area contributed by atoms with E-state index in [9.17, 15) is 9.59 Å². The molecule has 0 fully saturated rings. The molecule has 1 aliphatic rings. The highest BCUT2D eigenvalue weighted by molar-refractivity contribution is 6.99. The van der Waals surface area contributed by atoms with Crippen molar-refractivity contribution in [3.05, 3.63) is 96.5 Å². The first-order valence-corrected chi connectivity index (χ1v) is 22.9. The first kappa shape index (κ1) is 44.7. The molecule has 0 spiro atoms. The number of benzene rings is 2. The smallest absolute Gasteiger partial charge is 0.413 e. The van der Waals surface area contributed by atoms with E-state index in [4.69, 9.17) is 33.7 Å². The van der Waals surface area contributed by atoms with Crippen molar-refractivity contribution < 1.29 is 28.2 Å². The van der Waals surface area contributed by atoms with E-state index in [0.29, 0.717) is 60.8 Å². The minimum Gasteiger partial charge on any atom is -0.495 e. The van der Waals surface area contributed by atoms with E-state index in [1.54, 1.807) is 29.1 Å². The van der Waals surface area contributed by atoms with Crippen molar-refractivity contribution in [1.29, 1.82) is 0 Å². The number of amides is 2. The molecule has 0 radical (unpaired) electrons. The molecule has 0 saturated heterocycles. The lowest BCUT2D eigenvalue weighted by Crippen LogP contribution is -2.66. The predicted octanol–water partition coefficient (Wildman–Crippen LogP) is 8.03. The lowest BCUT2D eigenvalue weighted by Gasteiger charge is -2.43. The fourth-order valence-electron chi connectivity index (χ4n) is 7.89. The summed E-state index contributed by atoms with van der Waals surface area (Å²) in [5.74, 6) is 1.16. The number of carbonyl (C=O) groups excluding carboxylic acids is 2. The quantitative estimate of drug-likeness (QED) is 0.0985. The van der Waals surface area contributed by atoms with Crippen LogP contribution in [0.15, 0.2) is 85.2 Å². The number of fused-ring (bicyclic) bond motifs is 1. The van der Waals surface area contributed by atoms with Gasteiger partial charge in [0.1, 0.15) is 28.1 Å². The molecule has 324 valence electrons. The number of anilines is 2. The summed E-state index contributed by atoms with van der Waals surface area (Å²) in [4.78, 5) is 41.2. The third-order valence-electron chi connectivity index (χ3n) is 10.7. The van der Waals surface area contributed by atoms with Crippen LogP contribution < -0.4 is 25.7 Å². The lowest BCUT2D eigenvalue weighted by atomic mass is 10.0. The van der Waals surface area contributed by atoms with Crippen LogP contribution in [0.2, 0.25) is 5.04 Å². The van der Waals surface area contributed by atoms with Crippen LogP contribution in [0.3, 0.4) is 0 Å². The van der Waals surface area contributed by atoms with Crippen LogP contribution in [0.5, 0.6) is 5.75 Å². The van der Waals surface area contributed by atoms with Crippen molar-refractivity contribution >= 4 is 59.3 Å². The van der Waals surface area contributed by atoms with Crippen LogP contribution in [0.4, 0.5) is 21.4 Å². The zero-order valence-electron chi connectivity index (χ0n) is 36.9. The number of hydrogen-bond donors (Lipinski definition) is 2. The van der Waals surface area contributed by atoms with Crippen molar-refractivity contribution in [3.8, 4) is 5.75 Å². The Balaban J connectivity index is 1.29. The summed E-state index contributed by atoms with van der Waals surface area (Å²) in [5.41, 5.74) is 3.03. The van der Waals surface area contributed by atoms with Gasteiger partial charge in [-0.25, -0.2) is 14.6 Å². The van der Waals surface area contributed by atoms with E-state index >= 15 is 0 Å². The molecular weight excluding hydrogens is 789 g/mol. The molecule has 2 amide bonds. The summed E-state index contributed by atoms with van der Waals surface area (Å²) in [6, 6.07) is 23.2. The number of aromatic nitrogens is 5. The van der Waals surface area contributed by atoms with Gasteiger partial charge in [0.05, 0.1) is 27.0 Å². The Hall–Kier alpha value is -5.80. The van der Waals surface area contributed by atoms with Gasteiger partial charge in [0.15, 0.2) is 5.82 Å². The fourth-order valence-corrected chi connectivity index (χ4v) is 12.5. The molecule has 15 heteroatoms. The zero-order valence-corrected chi connectivity index (χ0v) is 37.9. The minimum absolute atomic E-state index is 0.0494. The Morgan fingerprint density at radius 1 is 0.918 bits per heavy atom. The number of pyridine rings is 1. The molecule has 61 heavy (non-hydrogen) atoms. The Labute approximate surface area is 360 Å². The monoisotopic (exact) mass is 848 g/mol. The van der Waals surface area contributed by atoms with Crippen molar-refractivity contribution in [3.63, 3.8) is 0 Å². The Kier molecular flexibility index (Phi) is 14.1. The third-order valence-corrected chi connectivity index (χ3v) is 15.7. The molecule has 6 rings (SSSR count). The van der Waals surface area contributed by atoms with Gasteiger partial charge in [0.2, 0.25) is 5.95 Å². The maximum absolute atomic E-state index is 12.9. The Morgan fingerprint density at radius 3 is 2.21 bits per heavy atom. The number of nitrogens with zero attached hydrogens (tertiary/aromatic N) is 6. The van der Waals surface area contributed by atoms with Crippen molar-refractivity contribution in [1.82, 2.24) is 29.6 Å². The van der Waals surface area contributed by atoms with Gasteiger partial charge in [-0.1, -0.05) is 101 Å². The molecule has 2 aromatic carbocycles. The second-order valence-electron chi connectivity index (χ2n) is 17.3. The summed E-state index contributed by atoms with van der Waals surface area (Å²) in [6.45, 7) is 16.3. The Bertz CT molecular complexity index is 2270. The van der Waals surface area contributed by atoms with E-state index in [2.05, 4.69) is 97.9 Å². The van der Waals surface area contributed by atoms with E-state index in [0.717, 1.165) is 24.0 Å². The second-order valence-corrected chi connectivity index (χ2v) is 21.6. The van der Waals surface area contributed by atoms with Gasteiger partial charge in [0.25, 0.3) is 8.32 Å². The van der Waals surface area contributed by atoms with Gasteiger partial charge < -0.3 is 28.9 Å². The van der Waals surface area contributed by atoms with Crippen LogP contribution in [0.25, 0.3) is 16.6 Å². The first-order chi connectivity index (χ1) is 29.1. The van der Waals surface area contributed by atoms with Crippen molar-refractivity contribution in [2.45, 2.75) is 97.4 Å². The highest BCUT2D eigenvalue weighted by Crippen LogP contribution is 2.37. The summed E-state index contributed by atoms with van der Waals surface area (Å²) >= 11 is 0. The molecule has 0 bridgehead atoms. The molecular formula is C46H60N8O6Si. The normalized spacial score (nSPS) is 14.0. The molecule has 0 saturated carbocycles. The number of methoxy groups -OCH3 is 2. The number of carbonyl (C=O) groups is 2. The second kappa shape index (κ2) is 19.3. The van der Waals surface area contributed by atoms with Gasteiger partial charge in [-0.2, -0.15) is 10.1 Å². The average Bonchev–Trinajstić information content (AvgIpc) is 3.64. The molecule has 4 heterocycles. The summed E-state index contributed by atoms with van der Waals surface area (Å²) < 4.78 is 25.5. The van der Waals surface area contributed by atoms with E-state index in [1.807, 2.05) is 39.0 Å². The van der Waals surface area contributed by atoms with Gasteiger partial charge in [-0.15, -0.1) is 0 Å². The largest absolute Gasteiger partial charge is 0.495 e. The van der Waals surface area contributed by atoms with Crippen LogP contribution in [-0.2, 0) is 20.4 Å². The van der Waals surface area contributed by atoms with Gasteiger partial charge in [0, 0.05) is 37.5 Å². The number of nitrogens with one attached hydrogen (secondary N) is 2. The molecule has 0 aliphatic carbocycles. The third kappa shape index (κ3) is 10.6. The molecule has 3 aromatic heterocycles. The lowest BCUT2D eigenvalue weighted by molar-refractivity contribution is 0.0273. The van der Waals surface area contributed by atoms with Crippen LogP contribution in [0.1, 0.15) is 85.4 Å². The molecule has 1 atom stereocenters. The molecule has 5 aromatic rings. The molecule has 1 aliphatic heterocycles. The predicted molar refractivity (Wildman–Crippen MR) is 242 cm³/mol. The molecule has 0 unspecified atom stereocenters. The SMILES string of the molecule is CCC[C@@H](CCO[Si](c1ccccc1)(c1ccccc1)C(C)(C)C)Nc1nc(NC(=O)OC)nc2cnn(Cc3ncc(C4=CCCN(C(=O)OC(C)(C)C)C4)cc3OC)c12. The van der Waals surface area contributed by atoms with Crippen molar-refractivity contribution in [2.75, 3.05) is 44.5 Å². The first-order valence-electron chi connectivity index (χ1n) is 21.0. The zero-order chi connectivity index (χ0) is 43.8. The van der Waals surface area contributed by atoms with Gasteiger partial charge in [-0.3, -0.25) is 15.0 Å². The van der Waals surface area contributed by atoms with E-state index in [1.165, 1.54) is 17.5 Å². The fraction of sp³-hybridized carbons (Fsp3) is 0.435. The number of rotatable bonds is 15. The van der Waals surface area contributed by atoms with Crippen molar-refractivity contribution in [2.24, 2.45) is 0 Å². The van der Waals surface area contributed by atoms with E-state index < -0.39 is 20.0 Å². The minimum atomic E-state index is -2.76. The van der Waals surface area contributed by atoms with Gasteiger partial charge >= 0.3 is 12.2 Å². The number of hydrogen-bond acceptors (Lipinski definition) is 11. The maximum Gasteiger partial charge on any atom is 0.413 e. The van der Waals surface area contributed by atoms with Crippen LogP contribution in [-0.4, -0.2) is 95.7 Å². The summed E-state index contributed by atoms with van der Waals surface area (Å²) in [5, 5.41) is 13.4. The Morgan fingerprint density at radius 2 is 1.61 bits per heavy atom. The maximum atomic E-state index is 12.9.